The monoisotopic (exact) mass is 429 g/mol. The van der Waals surface area contributed by atoms with Gasteiger partial charge in [-0.25, -0.2) is 0 Å². The molecule has 0 unspecified atom stereocenters. The predicted octanol–water partition coefficient (Wildman–Crippen LogP) is 5.02. The van der Waals surface area contributed by atoms with Crippen LogP contribution in [-0.2, 0) is 11.2 Å². The number of amides is 1. The van der Waals surface area contributed by atoms with Gasteiger partial charge in [0, 0.05) is 22.5 Å². The van der Waals surface area contributed by atoms with E-state index in [1.54, 1.807) is 18.9 Å². The minimum atomic E-state index is -0.406. The van der Waals surface area contributed by atoms with Crippen molar-refractivity contribution in [3.05, 3.63) is 96.2 Å². The Hall–Kier alpha value is -3.69. The van der Waals surface area contributed by atoms with E-state index in [4.69, 9.17) is 4.74 Å². The molecule has 0 aromatic heterocycles. The molecule has 3 rings (SSSR count). The summed E-state index contributed by atoms with van der Waals surface area (Å²) in [6, 6.07) is 27.4. The number of carbonyl (C=O) groups is 1. The summed E-state index contributed by atoms with van der Waals surface area (Å²) < 4.78 is 5.14. The molecule has 1 amide bonds. The maximum atomic E-state index is 12.4. The molecular weight excluding hydrogens is 406 g/mol. The number of benzene rings is 3. The molecule has 0 aliphatic rings. The molecule has 31 heavy (non-hydrogen) atoms. The highest BCUT2D eigenvalue weighted by molar-refractivity contribution is 7.99. The zero-order chi connectivity index (χ0) is 21.9. The van der Waals surface area contributed by atoms with E-state index in [2.05, 4.69) is 10.6 Å². The molecule has 0 aliphatic carbocycles. The number of hydrogen-bond donors (Lipinski definition) is 2. The summed E-state index contributed by atoms with van der Waals surface area (Å²) in [6.45, 7) is 0.435. The molecule has 3 aromatic carbocycles. The number of methoxy groups -OCH3 is 1. The van der Waals surface area contributed by atoms with Gasteiger partial charge in [0.1, 0.15) is 17.4 Å². The summed E-state index contributed by atoms with van der Waals surface area (Å²) in [5.74, 6) is 0.385. The van der Waals surface area contributed by atoms with Gasteiger partial charge >= 0.3 is 0 Å². The number of hydrogen-bond acceptors (Lipinski definition) is 5. The molecule has 5 nitrogen and oxygen atoms in total. The molecule has 6 heteroatoms. The molecule has 3 aromatic rings. The predicted molar refractivity (Wildman–Crippen MR) is 124 cm³/mol. The summed E-state index contributed by atoms with van der Waals surface area (Å²) in [6.07, 6.45) is 2.12. The molecule has 2 N–H and O–H groups in total. The summed E-state index contributed by atoms with van der Waals surface area (Å²) in [5.41, 5.74) is 1.93. The lowest BCUT2D eigenvalue weighted by Crippen LogP contribution is -2.27. The second-order valence-corrected chi connectivity index (χ2v) is 7.69. The molecule has 0 heterocycles. The highest BCUT2D eigenvalue weighted by Crippen LogP contribution is 2.33. The SMILES string of the molecule is COc1ccc(CCNC(=O)/C(C#N)=C\Nc2ccccc2Sc2ccccc2)cc1. The third-order valence-electron chi connectivity index (χ3n) is 4.45. The van der Waals surface area contributed by atoms with Crippen LogP contribution in [0.25, 0.3) is 0 Å². The Morgan fingerprint density at radius 2 is 1.74 bits per heavy atom. The van der Waals surface area contributed by atoms with Crippen LogP contribution in [0.3, 0.4) is 0 Å². The summed E-state index contributed by atoms with van der Waals surface area (Å²) in [7, 11) is 1.62. The van der Waals surface area contributed by atoms with Crippen molar-refractivity contribution in [1.29, 1.82) is 5.26 Å². The smallest absolute Gasteiger partial charge is 0.263 e. The fraction of sp³-hybridized carbons (Fsp3) is 0.120. The minimum absolute atomic E-state index is 0.0224. The van der Waals surface area contributed by atoms with Crippen molar-refractivity contribution < 1.29 is 9.53 Å². The van der Waals surface area contributed by atoms with Crippen LogP contribution in [0.4, 0.5) is 5.69 Å². The van der Waals surface area contributed by atoms with E-state index in [0.717, 1.165) is 26.8 Å². The zero-order valence-electron chi connectivity index (χ0n) is 17.2. The van der Waals surface area contributed by atoms with Crippen LogP contribution in [0.5, 0.6) is 5.75 Å². The van der Waals surface area contributed by atoms with Crippen molar-refractivity contribution in [1.82, 2.24) is 5.32 Å². The number of carbonyl (C=O) groups excluding carboxylic acids is 1. The van der Waals surface area contributed by atoms with Gasteiger partial charge < -0.3 is 15.4 Å². The molecule has 0 saturated heterocycles. The van der Waals surface area contributed by atoms with Crippen LogP contribution in [0, 0.1) is 11.3 Å². The third-order valence-corrected chi connectivity index (χ3v) is 5.54. The maximum absolute atomic E-state index is 12.4. The number of nitrogens with one attached hydrogen (secondary N) is 2. The average Bonchev–Trinajstić information content (AvgIpc) is 2.81. The number of nitrogens with zero attached hydrogens (tertiary/aromatic N) is 1. The van der Waals surface area contributed by atoms with E-state index in [0.29, 0.717) is 13.0 Å². The van der Waals surface area contributed by atoms with Gasteiger partial charge in [0.2, 0.25) is 0 Å². The first-order chi connectivity index (χ1) is 15.2. The fourth-order valence-corrected chi connectivity index (χ4v) is 3.73. The Bertz CT molecular complexity index is 1070. The van der Waals surface area contributed by atoms with Gasteiger partial charge in [0.25, 0.3) is 5.91 Å². The Balaban J connectivity index is 1.58. The largest absolute Gasteiger partial charge is 0.497 e. The van der Waals surface area contributed by atoms with Crippen molar-refractivity contribution in [3.8, 4) is 11.8 Å². The van der Waals surface area contributed by atoms with E-state index in [9.17, 15) is 10.1 Å². The molecule has 0 bridgehead atoms. The highest BCUT2D eigenvalue weighted by atomic mass is 32.2. The van der Waals surface area contributed by atoms with Gasteiger partial charge in [0.15, 0.2) is 0 Å². The second-order valence-electron chi connectivity index (χ2n) is 6.58. The van der Waals surface area contributed by atoms with Crippen molar-refractivity contribution in [2.24, 2.45) is 0 Å². The maximum Gasteiger partial charge on any atom is 0.263 e. The molecule has 0 saturated carbocycles. The molecule has 0 radical (unpaired) electrons. The van der Waals surface area contributed by atoms with Crippen molar-refractivity contribution >= 4 is 23.4 Å². The molecule has 0 spiro atoms. The summed E-state index contributed by atoms with van der Waals surface area (Å²) in [5, 5.41) is 15.3. The number of nitriles is 1. The van der Waals surface area contributed by atoms with Crippen LogP contribution < -0.4 is 15.4 Å². The number of rotatable bonds is 9. The van der Waals surface area contributed by atoms with Gasteiger partial charge in [-0.15, -0.1) is 0 Å². The Labute approximate surface area is 186 Å². The van der Waals surface area contributed by atoms with Gasteiger partial charge in [-0.1, -0.05) is 54.2 Å². The van der Waals surface area contributed by atoms with Crippen LogP contribution in [0.1, 0.15) is 5.56 Å². The minimum Gasteiger partial charge on any atom is -0.497 e. The van der Waals surface area contributed by atoms with Crippen molar-refractivity contribution in [2.75, 3.05) is 19.0 Å². The van der Waals surface area contributed by atoms with Crippen LogP contribution in [0.2, 0.25) is 0 Å². The normalized spacial score (nSPS) is 10.8. The Kier molecular flexibility index (Phi) is 8.15. The van der Waals surface area contributed by atoms with E-state index < -0.39 is 5.91 Å². The van der Waals surface area contributed by atoms with E-state index in [1.807, 2.05) is 84.9 Å². The molecular formula is C25H23N3O2S. The van der Waals surface area contributed by atoms with E-state index in [-0.39, 0.29) is 5.57 Å². The number of anilines is 1. The van der Waals surface area contributed by atoms with Gasteiger partial charge in [0.05, 0.1) is 12.8 Å². The fourth-order valence-electron chi connectivity index (χ4n) is 2.80. The highest BCUT2D eigenvalue weighted by Gasteiger charge is 2.09. The topological polar surface area (TPSA) is 74.1 Å². The van der Waals surface area contributed by atoms with Crippen LogP contribution >= 0.6 is 11.8 Å². The molecule has 0 atom stereocenters. The lowest BCUT2D eigenvalue weighted by molar-refractivity contribution is -0.117. The van der Waals surface area contributed by atoms with Crippen molar-refractivity contribution in [2.45, 2.75) is 16.2 Å². The quantitative estimate of drug-likeness (QED) is 0.369. The zero-order valence-corrected chi connectivity index (χ0v) is 18.0. The second kappa shape index (κ2) is 11.5. The lowest BCUT2D eigenvalue weighted by atomic mass is 10.1. The third kappa shape index (κ3) is 6.66. The average molecular weight is 430 g/mol. The van der Waals surface area contributed by atoms with Gasteiger partial charge in [-0.3, -0.25) is 4.79 Å². The summed E-state index contributed by atoms with van der Waals surface area (Å²) in [4.78, 5) is 14.5. The number of para-hydroxylation sites is 1. The van der Waals surface area contributed by atoms with Crippen LogP contribution in [0.15, 0.2) is 100 Å². The Morgan fingerprint density at radius 1 is 1.03 bits per heavy atom. The lowest BCUT2D eigenvalue weighted by Gasteiger charge is -2.10. The molecule has 0 fully saturated rings. The molecule has 156 valence electrons. The first-order valence-electron chi connectivity index (χ1n) is 9.79. The standard InChI is InChI=1S/C25H23N3O2S/c1-30-21-13-11-19(12-14-21)15-16-27-25(29)20(17-26)18-28-23-9-5-6-10-24(23)31-22-7-3-2-4-8-22/h2-14,18,28H,15-16H2,1H3,(H,27,29)/b20-18-. The Morgan fingerprint density at radius 3 is 2.45 bits per heavy atom. The first kappa shape index (κ1) is 22.0. The van der Waals surface area contributed by atoms with E-state index in [1.165, 1.54) is 6.20 Å². The van der Waals surface area contributed by atoms with Gasteiger partial charge in [-0.05, 0) is 48.4 Å². The summed E-state index contributed by atoms with van der Waals surface area (Å²) >= 11 is 1.61. The van der Waals surface area contributed by atoms with Crippen molar-refractivity contribution in [3.63, 3.8) is 0 Å². The van der Waals surface area contributed by atoms with E-state index >= 15 is 0 Å². The number of ether oxygens (including phenoxy) is 1. The van der Waals surface area contributed by atoms with Crippen LogP contribution in [-0.4, -0.2) is 19.6 Å². The first-order valence-corrected chi connectivity index (χ1v) is 10.6. The molecule has 0 aliphatic heterocycles. The van der Waals surface area contributed by atoms with Gasteiger partial charge in [-0.2, -0.15) is 5.26 Å².